The van der Waals surface area contributed by atoms with Crippen molar-refractivity contribution >= 4 is 23.3 Å². The number of carbonyl (C=O) groups is 1. The molecule has 0 aliphatic carbocycles. The van der Waals surface area contributed by atoms with Crippen molar-refractivity contribution in [3.05, 3.63) is 51.9 Å². The van der Waals surface area contributed by atoms with E-state index in [2.05, 4.69) is 20.3 Å². The summed E-state index contributed by atoms with van der Waals surface area (Å²) in [7, 11) is 0. The molecule has 0 amide bonds. The fourth-order valence-corrected chi connectivity index (χ4v) is 2.93. The lowest BCUT2D eigenvalue weighted by Crippen LogP contribution is -2.28. The third-order valence-electron chi connectivity index (χ3n) is 3.39. The monoisotopic (exact) mass is 343 g/mol. The van der Waals surface area contributed by atoms with Gasteiger partial charge in [-0.15, -0.1) is 10.2 Å². The van der Waals surface area contributed by atoms with E-state index in [4.69, 9.17) is 0 Å². The Morgan fingerprint density at radius 3 is 2.58 bits per heavy atom. The number of aromatic nitrogens is 5. The summed E-state index contributed by atoms with van der Waals surface area (Å²) in [6, 6.07) is 9.07. The van der Waals surface area contributed by atoms with Gasteiger partial charge in [-0.25, -0.2) is 0 Å². The quantitative estimate of drug-likeness (QED) is 0.576. The number of rotatable bonds is 4. The van der Waals surface area contributed by atoms with Gasteiger partial charge in [0.05, 0.1) is 5.75 Å². The van der Waals surface area contributed by atoms with Gasteiger partial charge in [0.25, 0.3) is 11.3 Å². The highest BCUT2D eigenvalue weighted by Gasteiger charge is 2.22. The standard InChI is InChI=1S/C16H17N5O2S/c1-16(2,3)12-13(23)17-14-18-19-15(21(14)20-12)24-9-11(22)10-7-5-4-6-8-10/h4-8H,9H2,1-3H3,(H,17,18,23). The molecule has 1 aromatic carbocycles. The molecule has 0 radical (unpaired) electrons. The summed E-state index contributed by atoms with van der Waals surface area (Å²) >= 11 is 1.24. The van der Waals surface area contributed by atoms with Crippen LogP contribution >= 0.6 is 11.8 Å². The molecule has 0 spiro atoms. The SMILES string of the molecule is CC(C)(C)c1nn2c(SCC(=O)c3ccccc3)nnc2[nH]c1=O. The van der Waals surface area contributed by atoms with E-state index in [0.717, 1.165) is 0 Å². The number of carbonyl (C=O) groups excluding carboxylic acids is 1. The van der Waals surface area contributed by atoms with Crippen molar-refractivity contribution in [2.75, 3.05) is 5.75 Å². The van der Waals surface area contributed by atoms with Crippen LogP contribution in [-0.4, -0.2) is 36.3 Å². The van der Waals surface area contributed by atoms with Gasteiger partial charge < -0.3 is 0 Å². The van der Waals surface area contributed by atoms with Crippen LogP contribution in [0.1, 0.15) is 36.8 Å². The van der Waals surface area contributed by atoms with Gasteiger partial charge in [0.1, 0.15) is 5.69 Å². The smallest absolute Gasteiger partial charge is 0.274 e. The number of ketones is 1. The lowest BCUT2D eigenvalue weighted by molar-refractivity contribution is 0.102. The summed E-state index contributed by atoms with van der Waals surface area (Å²) in [5.74, 6) is 0.483. The van der Waals surface area contributed by atoms with Gasteiger partial charge in [0, 0.05) is 11.0 Å². The fourth-order valence-electron chi connectivity index (χ4n) is 2.16. The van der Waals surface area contributed by atoms with E-state index in [9.17, 15) is 9.59 Å². The normalized spacial score (nSPS) is 11.8. The number of thioether (sulfide) groups is 1. The molecule has 7 nitrogen and oxygen atoms in total. The Labute approximate surface area is 142 Å². The Morgan fingerprint density at radius 1 is 1.21 bits per heavy atom. The van der Waals surface area contributed by atoms with Gasteiger partial charge in [-0.05, 0) is 0 Å². The molecule has 0 saturated carbocycles. The van der Waals surface area contributed by atoms with E-state index in [0.29, 0.717) is 16.4 Å². The molecule has 3 rings (SSSR count). The number of benzene rings is 1. The average Bonchev–Trinajstić information content (AvgIpc) is 2.93. The first-order valence-corrected chi connectivity index (χ1v) is 8.42. The molecule has 0 saturated heterocycles. The largest absolute Gasteiger partial charge is 0.293 e. The van der Waals surface area contributed by atoms with E-state index < -0.39 is 5.41 Å². The summed E-state index contributed by atoms with van der Waals surface area (Å²) in [4.78, 5) is 27.0. The summed E-state index contributed by atoms with van der Waals surface area (Å²) in [6.45, 7) is 5.73. The zero-order valence-electron chi connectivity index (χ0n) is 13.6. The number of hydrogen-bond donors (Lipinski definition) is 1. The van der Waals surface area contributed by atoms with E-state index in [1.807, 2.05) is 39.0 Å². The minimum atomic E-state index is -0.409. The van der Waals surface area contributed by atoms with Crippen molar-refractivity contribution in [1.29, 1.82) is 0 Å². The maximum atomic E-state index is 12.2. The van der Waals surface area contributed by atoms with Gasteiger partial charge in [0.15, 0.2) is 5.78 Å². The van der Waals surface area contributed by atoms with Gasteiger partial charge in [0.2, 0.25) is 5.16 Å². The zero-order valence-corrected chi connectivity index (χ0v) is 14.4. The van der Waals surface area contributed by atoms with Crippen LogP contribution in [0.15, 0.2) is 40.3 Å². The molecule has 0 unspecified atom stereocenters. The first kappa shape index (κ1) is 16.4. The van der Waals surface area contributed by atoms with Crippen LogP contribution < -0.4 is 5.56 Å². The van der Waals surface area contributed by atoms with Crippen molar-refractivity contribution < 1.29 is 4.79 Å². The van der Waals surface area contributed by atoms with Crippen molar-refractivity contribution in [3.63, 3.8) is 0 Å². The highest BCUT2D eigenvalue weighted by Crippen LogP contribution is 2.19. The summed E-state index contributed by atoms with van der Waals surface area (Å²) < 4.78 is 1.48. The van der Waals surface area contributed by atoms with Gasteiger partial charge in [-0.3, -0.25) is 14.6 Å². The number of Topliss-reactive ketones (excluding diaryl/α,β-unsaturated/α-hetero) is 1. The predicted molar refractivity (Wildman–Crippen MR) is 91.6 cm³/mol. The third-order valence-corrected chi connectivity index (χ3v) is 4.31. The van der Waals surface area contributed by atoms with Crippen LogP contribution in [0.4, 0.5) is 0 Å². The van der Waals surface area contributed by atoms with E-state index in [1.165, 1.54) is 16.3 Å². The topological polar surface area (TPSA) is 93.0 Å². The molecule has 0 aliphatic heterocycles. The van der Waals surface area contributed by atoms with Crippen LogP contribution in [0.3, 0.4) is 0 Å². The average molecular weight is 343 g/mol. The number of hydrogen-bond acceptors (Lipinski definition) is 6. The highest BCUT2D eigenvalue weighted by atomic mass is 32.2. The van der Waals surface area contributed by atoms with Crippen LogP contribution in [0.2, 0.25) is 0 Å². The summed E-state index contributed by atoms with van der Waals surface area (Å²) in [5, 5.41) is 12.8. The van der Waals surface area contributed by atoms with Crippen LogP contribution in [0, 0.1) is 0 Å². The molecular formula is C16H17N5O2S. The maximum absolute atomic E-state index is 12.2. The zero-order chi connectivity index (χ0) is 17.3. The van der Waals surface area contributed by atoms with Crippen molar-refractivity contribution in [2.24, 2.45) is 0 Å². The van der Waals surface area contributed by atoms with Gasteiger partial charge in [-0.2, -0.15) is 9.61 Å². The Bertz CT molecular complexity index is 940. The van der Waals surface area contributed by atoms with E-state index >= 15 is 0 Å². The molecule has 1 N–H and O–H groups in total. The molecule has 124 valence electrons. The summed E-state index contributed by atoms with van der Waals surface area (Å²) in [5.41, 5.74) is 0.356. The first-order valence-electron chi connectivity index (χ1n) is 7.43. The second-order valence-corrected chi connectivity index (χ2v) is 7.29. The minimum Gasteiger partial charge on any atom is -0.293 e. The van der Waals surface area contributed by atoms with Gasteiger partial charge in [-0.1, -0.05) is 62.9 Å². The van der Waals surface area contributed by atoms with Crippen LogP contribution in [0.25, 0.3) is 5.78 Å². The third kappa shape index (κ3) is 3.23. The van der Waals surface area contributed by atoms with Crippen LogP contribution in [0.5, 0.6) is 0 Å². The van der Waals surface area contributed by atoms with E-state index in [-0.39, 0.29) is 22.9 Å². The molecule has 0 fully saturated rings. The Morgan fingerprint density at radius 2 is 1.92 bits per heavy atom. The molecule has 0 aliphatic rings. The predicted octanol–water partition coefficient (Wildman–Crippen LogP) is 2.09. The maximum Gasteiger partial charge on any atom is 0.274 e. The highest BCUT2D eigenvalue weighted by molar-refractivity contribution is 7.99. The Hall–Kier alpha value is -2.48. The molecule has 0 bridgehead atoms. The second kappa shape index (κ2) is 6.20. The number of H-pyrrole nitrogens is 1. The molecule has 3 aromatic rings. The number of nitrogens with one attached hydrogen (secondary N) is 1. The van der Waals surface area contributed by atoms with Crippen molar-refractivity contribution in [1.82, 2.24) is 24.8 Å². The number of aromatic amines is 1. The van der Waals surface area contributed by atoms with Crippen molar-refractivity contribution in [2.45, 2.75) is 31.3 Å². The number of fused-ring (bicyclic) bond motifs is 1. The molecular weight excluding hydrogens is 326 g/mol. The molecule has 2 aromatic heterocycles. The Kier molecular flexibility index (Phi) is 4.23. The minimum absolute atomic E-state index is 0.00202. The lowest BCUT2D eigenvalue weighted by atomic mass is 9.93. The molecule has 24 heavy (non-hydrogen) atoms. The van der Waals surface area contributed by atoms with Crippen LogP contribution in [-0.2, 0) is 5.41 Å². The molecule has 8 heteroatoms. The molecule has 2 heterocycles. The molecule has 0 atom stereocenters. The van der Waals surface area contributed by atoms with E-state index in [1.54, 1.807) is 12.1 Å². The lowest BCUT2D eigenvalue weighted by Gasteiger charge is -2.15. The second-order valence-electron chi connectivity index (χ2n) is 6.35. The number of nitrogens with zero attached hydrogens (tertiary/aromatic N) is 4. The fraction of sp³-hybridized carbons (Fsp3) is 0.312. The van der Waals surface area contributed by atoms with Gasteiger partial charge >= 0.3 is 0 Å². The summed E-state index contributed by atoms with van der Waals surface area (Å²) in [6.07, 6.45) is 0. The Balaban J connectivity index is 1.88. The van der Waals surface area contributed by atoms with Crippen molar-refractivity contribution in [3.8, 4) is 0 Å². The first-order chi connectivity index (χ1) is 11.4.